The highest BCUT2D eigenvalue weighted by molar-refractivity contribution is 5.79. The monoisotopic (exact) mass is 408 g/mol. The Labute approximate surface area is 179 Å². The number of nitrogens with one attached hydrogen (secondary N) is 2. The first-order chi connectivity index (χ1) is 15.3. The van der Waals surface area contributed by atoms with Crippen LogP contribution >= 0.6 is 0 Å². The largest absolute Gasteiger partial charge is 0.449 e. The van der Waals surface area contributed by atoms with Gasteiger partial charge in [0.25, 0.3) is 0 Å². The van der Waals surface area contributed by atoms with Gasteiger partial charge in [0.15, 0.2) is 0 Å². The maximum Gasteiger partial charge on any atom is 0.407 e. The van der Waals surface area contributed by atoms with Crippen molar-refractivity contribution >= 4 is 17.0 Å². The molecule has 0 saturated heterocycles. The minimum atomic E-state index is -0.429. The predicted octanol–water partition coefficient (Wildman–Crippen LogP) is 4.24. The molecule has 2 aromatic carbocycles. The molecule has 0 saturated carbocycles. The summed E-state index contributed by atoms with van der Waals surface area (Å²) >= 11 is 0. The normalized spacial score (nSPS) is 12.0. The molecule has 1 amide bonds. The lowest BCUT2D eigenvalue weighted by atomic mass is 9.98. The maximum atomic E-state index is 12.2. The third-order valence-corrected chi connectivity index (χ3v) is 5.40. The fourth-order valence-corrected chi connectivity index (χ4v) is 3.94. The number of pyridine rings is 1. The van der Waals surface area contributed by atoms with Crippen LogP contribution in [0.3, 0.4) is 0 Å². The van der Waals surface area contributed by atoms with Crippen molar-refractivity contribution in [3.63, 3.8) is 0 Å². The lowest BCUT2D eigenvalue weighted by Gasteiger charge is -2.14. The molecule has 0 spiro atoms. The number of carbonyl (C=O) groups is 1. The number of rotatable bonds is 4. The van der Waals surface area contributed by atoms with Crippen LogP contribution in [0.25, 0.3) is 22.0 Å². The van der Waals surface area contributed by atoms with Crippen molar-refractivity contribution in [3.8, 4) is 23.0 Å². The number of nitrogens with zero attached hydrogens (tertiary/aromatic N) is 2. The zero-order chi connectivity index (χ0) is 21.0. The summed E-state index contributed by atoms with van der Waals surface area (Å²) in [4.78, 5) is 16.4. The maximum absolute atomic E-state index is 12.2. The summed E-state index contributed by atoms with van der Waals surface area (Å²) in [6, 6.07) is 18.4. The molecular formula is C25H20N4O2. The number of benzene rings is 2. The van der Waals surface area contributed by atoms with Gasteiger partial charge in [-0.2, -0.15) is 5.10 Å². The highest BCUT2D eigenvalue weighted by Gasteiger charge is 2.28. The Morgan fingerprint density at radius 1 is 1.06 bits per heavy atom. The van der Waals surface area contributed by atoms with E-state index in [0.717, 1.165) is 10.9 Å². The van der Waals surface area contributed by atoms with Crippen molar-refractivity contribution in [1.82, 2.24) is 20.5 Å². The van der Waals surface area contributed by atoms with Gasteiger partial charge in [0.05, 0.1) is 17.9 Å². The molecule has 6 nitrogen and oxygen atoms in total. The molecule has 0 bridgehead atoms. The fraction of sp³-hybridized carbons (Fsp3) is 0.160. The minimum Gasteiger partial charge on any atom is -0.449 e. The van der Waals surface area contributed by atoms with Gasteiger partial charge in [-0.05, 0) is 34.2 Å². The van der Waals surface area contributed by atoms with Crippen molar-refractivity contribution < 1.29 is 9.53 Å². The van der Waals surface area contributed by atoms with E-state index in [1.54, 1.807) is 12.4 Å². The molecule has 2 heterocycles. The number of hydrogen-bond acceptors (Lipinski definition) is 4. The van der Waals surface area contributed by atoms with Crippen molar-refractivity contribution in [2.24, 2.45) is 0 Å². The number of ether oxygens (including phenoxy) is 1. The van der Waals surface area contributed by atoms with Crippen LogP contribution in [0.1, 0.15) is 29.2 Å². The van der Waals surface area contributed by atoms with Crippen LogP contribution in [-0.2, 0) is 4.74 Å². The van der Waals surface area contributed by atoms with Gasteiger partial charge in [-0.3, -0.25) is 5.10 Å². The molecule has 1 aliphatic carbocycles. The summed E-state index contributed by atoms with van der Waals surface area (Å²) in [6.07, 6.45) is 3.53. The van der Waals surface area contributed by atoms with Crippen LogP contribution in [0.15, 0.2) is 67.0 Å². The number of hydrogen-bond donors (Lipinski definition) is 2. The summed E-state index contributed by atoms with van der Waals surface area (Å²) in [5.74, 6) is 6.09. The Bertz CT molecular complexity index is 1270. The van der Waals surface area contributed by atoms with Crippen molar-refractivity contribution in [2.75, 3.05) is 13.2 Å². The standard InChI is InChI=1S/C25H20N4O2/c30-25(26-12-6-5-7-18-13-17-14-28-29-24(17)15-27-18)31-16-23-21-10-3-1-8-19(21)20-9-2-4-11-22(20)23/h1-4,8-11,13-15,23H,6,12,16H2,(H,26,30)(H,28,29). The summed E-state index contributed by atoms with van der Waals surface area (Å²) in [7, 11) is 0. The molecule has 1 aliphatic rings. The minimum absolute atomic E-state index is 0.0573. The molecule has 0 aliphatic heterocycles. The molecule has 0 unspecified atom stereocenters. The highest BCUT2D eigenvalue weighted by atomic mass is 16.5. The van der Waals surface area contributed by atoms with Gasteiger partial charge in [0.1, 0.15) is 12.3 Å². The average molecular weight is 408 g/mol. The van der Waals surface area contributed by atoms with Crippen LogP contribution in [0.4, 0.5) is 4.79 Å². The zero-order valence-corrected chi connectivity index (χ0v) is 16.8. The molecule has 31 heavy (non-hydrogen) atoms. The number of carbonyl (C=O) groups excluding carboxylic acids is 1. The predicted molar refractivity (Wildman–Crippen MR) is 118 cm³/mol. The smallest absolute Gasteiger partial charge is 0.407 e. The van der Waals surface area contributed by atoms with Crippen LogP contribution in [0, 0.1) is 11.8 Å². The van der Waals surface area contributed by atoms with Crippen molar-refractivity contribution in [3.05, 3.63) is 83.8 Å². The Balaban J connectivity index is 1.14. The number of fused-ring (bicyclic) bond motifs is 4. The number of aromatic nitrogens is 3. The summed E-state index contributed by atoms with van der Waals surface area (Å²) in [5, 5.41) is 10.6. The zero-order valence-electron chi connectivity index (χ0n) is 16.8. The second kappa shape index (κ2) is 8.33. The van der Waals surface area contributed by atoms with E-state index in [0.29, 0.717) is 25.3 Å². The van der Waals surface area contributed by atoms with Gasteiger partial charge in [-0.15, -0.1) is 0 Å². The third kappa shape index (κ3) is 3.86. The van der Waals surface area contributed by atoms with E-state index >= 15 is 0 Å². The van der Waals surface area contributed by atoms with Gasteiger partial charge < -0.3 is 10.1 Å². The lowest BCUT2D eigenvalue weighted by Crippen LogP contribution is -2.26. The molecule has 6 heteroatoms. The number of H-pyrrole nitrogens is 1. The van der Waals surface area contributed by atoms with Gasteiger partial charge in [-0.1, -0.05) is 54.5 Å². The Kier molecular flexibility index (Phi) is 5.07. The van der Waals surface area contributed by atoms with Crippen LogP contribution in [0.2, 0.25) is 0 Å². The first-order valence-electron chi connectivity index (χ1n) is 10.2. The Morgan fingerprint density at radius 2 is 1.81 bits per heavy atom. The van der Waals surface area contributed by atoms with Gasteiger partial charge >= 0.3 is 6.09 Å². The Morgan fingerprint density at radius 3 is 2.58 bits per heavy atom. The second-order valence-corrected chi connectivity index (χ2v) is 7.33. The molecular weight excluding hydrogens is 388 g/mol. The second-order valence-electron chi connectivity index (χ2n) is 7.33. The van der Waals surface area contributed by atoms with E-state index in [4.69, 9.17) is 4.74 Å². The van der Waals surface area contributed by atoms with Crippen LogP contribution in [0.5, 0.6) is 0 Å². The quantitative estimate of drug-likeness (QED) is 0.391. The summed E-state index contributed by atoms with van der Waals surface area (Å²) in [6.45, 7) is 0.720. The first kappa shape index (κ1) is 18.9. The summed E-state index contributed by atoms with van der Waals surface area (Å²) in [5.41, 5.74) is 6.38. The Hall–Kier alpha value is -4.11. The topological polar surface area (TPSA) is 79.9 Å². The van der Waals surface area contributed by atoms with Crippen LogP contribution < -0.4 is 5.32 Å². The molecule has 0 fully saturated rings. The number of alkyl carbamates (subject to hydrolysis) is 1. The molecule has 2 aromatic heterocycles. The molecule has 0 radical (unpaired) electrons. The van der Waals surface area contributed by atoms with E-state index in [1.165, 1.54) is 22.3 Å². The third-order valence-electron chi connectivity index (χ3n) is 5.40. The van der Waals surface area contributed by atoms with Gasteiger partial charge in [0, 0.05) is 24.3 Å². The summed E-state index contributed by atoms with van der Waals surface area (Å²) < 4.78 is 5.52. The van der Waals surface area contributed by atoms with Gasteiger partial charge in [0.2, 0.25) is 0 Å². The molecule has 4 aromatic rings. The first-order valence-corrected chi connectivity index (χ1v) is 10.2. The molecule has 0 atom stereocenters. The van der Waals surface area contributed by atoms with E-state index in [-0.39, 0.29) is 5.92 Å². The number of aromatic amines is 1. The highest BCUT2D eigenvalue weighted by Crippen LogP contribution is 2.44. The average Bonchev–Trinajstić information content (AvgIpc) is 3.40. The van der Waals surface area contributed by atoms with E-state index in [1.807, 2.05) is 30.3 Å². The van der Waals surface area contributed by atoms with Crippen molar-refractivity contribution in [2.45, 2.75) is 12.3 Å². The number of amides is 1. The van der Waals surface area contributed by atoms with E-state index in [2.05, 4.69) is 56.6 Å². The van der Waals surface area contributed by atoms with E-state index in [9.17, 15) is 4.79 Å². The fourth-order valence-electron chi connectivity index (χ4n) is 3.94. The molecule has 2 N–H and O–H groups in total. The molecule has 5 rings (SSSR count). The van der Waals surface area contributed by atoms with E-state index < -0.39 is 6.09 Å². The SMILES string of the molecule is O=C(NCCC#Cc1cc2cn[nH]c2cn1)OCC1c2ccccc2-c2ccccc21. The van der Waals surface area contributed by atoms with Gasteiger partial charge in [-0.25, -0.2) is 9.78 Å². The lowest BCUT2D eigenvalue weighted by molar-refractivity contribution is 0.143. The molecule has 152 valence electrons. The van der Waals surface area contributed by atoms with Crippen molar-refractivity contribution in [1.29, 1.82) is 0 Å². The van der Waals surface area contributed by atoms with Crippen LogP contribution in [-0.4, -0.2) is 34.4 Å².